The molecule has 6 nitrogen and oxygen atoms in total. The average Bonchev–Trinajstić information content (AvgIpc) is 3.32. The lowest BCUT2D eigenvalue weighted by atomic mass is 10.2. The summed E-state index contributed by atoms with van der Waals surface area (Å²) >= 11 is 1.28. The summed E-state index contributed by atoms with van der Waals surface area (Å²) in [6.45, 7) is 1.63. The SMILES string of the molecule is Cc1[nH]n(-c2nc(-c3ccccc3)cs2)c(=O)c1N=Nc1cccc(C(F)(F)F)c1. The number of benzene rings is 2. The molecule has 10 heteroatoms. The highest BCUT2D eigenvalue weighted by Crippen LogP contribution is 2.32. The van der Waals surface area contributed by atoms with E-state index in [0.717, 1.165) is 23.4 Å². The van der Waals surface area contributed by atoms with Gasteiger partial charge in [0.25, 0.3) is 0 Å². The van der Waals surface area contributed by atoms with Crippen molar-refractivity contribution in [2.24, 2.45) is 10.2 Å². The van der Waals surface area contributed by atoms with Gasteiger partial charge in [0, 0.05) is 10.9 Å². The zero-order valence-corrected chi connectivity index (χ0v) is 16.3. The Hall–Kier alpha value is -3.53. The molecule has 0 atom stereocenters. The molecule has 4 aromatic rings. The number of aromatic nitrogens is 3. The minimum absolute atomic E-state index is 0.00279. The van der Waals surface area contributed by atoms with Gasteiger partial charge in [-0.25, -0.2) is 4.98 Å². The Balaban J connectivity index is 1.65. The number of nitrogens with one attached hydrogen (secondary N) is 1. The van der Waals surface area contributed by atoms with E-state index in [0.29, 0.717) is 10.8 Å². The van der Waals surface area contributed by atoms with Crippen LogP contribution in [0.4, 0.5) is 24.5 Å². The largest absolute Gasteiger partial charge is 0.416 e. The van der Waals surface area contributed by atoms with Crippen molar-refractivity contribution in [3.8, 4) is 16.4 Å². The van der Waals surface area contributed by atoms with Gasteiger partial charge in [-0.1, -0.05) is 36.4 Å². The van der Waals surface area contributed by atoms with Crippen molar-refractivity contribution < 1.29 is 13.2 Å². The zero-order chi connectivity index (χ0) is 21.3. The van der Waals surface area contributed by atoms with Gasteiger partial charge in [-0.15, -0.1) is 16.5 Å². The van der Waals surface area contributed by atoms with E-state index < -0.39 is 17.3 Å². The Morgan fingerprint density at radius 3 is 2.57 bits per heavy atom. The molecule has 0 radical (unpaired) electrons. The van der Waals surface area contributed by atoms with Crippen molar-refractivity contribution in [3.63, 3.8) is 0 Å². The predicted molar refractivity (Wildman–Crippen MR) is 108 cm³/mol. The van der Waals surface area contributed by atoms with E-state index in [2.05, 4.69) is 20.3 Å². The fourth-order valence-corrected chi connectivity index (χ4v) is 3.54. The molecule has 2 aromatic heterocycles. The van der Waals surface area contributed by atoms with Crippen LogP contribution in [0.3, 0.4) is 0 Å². The maximum atomic E-state index is 12.8. The van der Waals surface area contributed by atoms with Gasteiger partial charge in [-0.2, -0.15) is 23.0 Å². The number of hydrogen-bond acceptors (Lipinski definition) is 5. The number of azo groups is 1. The summed E-state index contributed by atoms with van der Waals surface area (Å²) in [5, 5.41) is 12.8. The second-order valence-electron chi connectivity index (χ2n) is 6.36. The lowest BCUT2D eigenvalue weighted by Crippen LogP contribution is -2.13. The minimum Gasteiger partial charge on any atom is -0.291 e. The number of nitrogens with zero attached hydrogens (tertiary/aromatic N) is 4. The molecule has 152 valence electrons. The van der Waals surface area contributed by atoms with Gasteiger partial charge in [0.05, 0.1) is 22.6 Å². The summed E-state index contributed by atoms with van der Waals surface area (Å²) in [5.74, 6) is 0. The van der Waals surface area contributed by atoms with Gasteiger partial charge in [-0.3, -0.25) is 9.89 Å². The average molecular weight is 429 g/mol. The van der Waals surface area contributed by atoms with Crippen molar-refractivity contribution in [2.75, 3.05) is 0 Å². The van der Waals surface area contributed by atoms with E-state index in [1.54, 1.807) is 6.92 Å². The summed E-state index contributed by atoms with van der Waals surface area (Å²) in [7, 11) is 0. The number of H-pyrrole nitrogens is 1. The summed E-state index contributed by atoms with van der Waals surface area (Å²) in [6, 6.07) is 13.9. The van der Waals surface area contributed by atoms with Crippen LogP contribution in [-0.2, 0) is 6.18 Å². The third kappa shape index (κ3) is 3.94. The third-order valence-electron chi connectivity index (χ3n) is 4.23. The number of aromatic amines is 1. The molecular weight excluding hydrogens is 415 g/mol. The molecular formula is C20H14F3N5OS. The fraction of sp³-hybridized carbons (Fsp3) is 0.100. The molecule has 0 saturated carbocycles. The molecule has 1 N–H and O–H groups in total. The smallest absolute Gasteiger partial charge is 0.291 e. The maximum absolute atomic E-state index is 12.8. The number of halogens is 3. The molecule has 0 spiro atoms. The van der Waals surface area contributed by atoms with Crippen LogP contribution in [0.5, 0.6) is 0 Å². The molecule has 4 rings (SSSR count). The number of thiazole rings is 1. The first-order chi connectivity index (χ1) is 14.3. The number of aryl methyl sites for hydroxylation is 1. The van der Waals surface area contributed by atoms with E-state index in [-0.39, 0.29) is 11.4 Å². The van der Waals surface area contributed by atoms with Crippen LogP contribution in [0, 0.1) is 6.92 Å². The van der Waals surface area contributed by atoms with Gasteiger partial charge in [0.2, 0.25) is 5.13 Å². The lowest BCUT2D eigenvalue weighted by molar-refractivity contribution is -0.137. The van der Waals surface area contributed by atoms with Crippen LogP contribution in [0.1, 0.15) is 11.3 Å². The van der Waals surface area contributed by atoms with Crippen LogP contribution in [0.15, 0.2) is 75.0 Å². The van der Waals surface area contributed by atoms with E-state index in [1.807, 2.05) is 35.7 Å². The Morgan fingerprint density at radius 2 is 1.83 bits per heavy atom. The number of alkyl halides is 3. The summed E-state index contributed by atoms with van der Waals surface area (Å²) < 4.78 is 39.8. The summed E-state index contributed by atoms with van der Waals surface area (Å²) in [4.78, 5) is 17.2. The van der Waals surface area contributed by atoms with Crippen molar-refractivity contribution in [1.29, 1.82) is 0 Å². The van der Waals surface area contributed by atoms with Crippen molar-refractivity contribution in [1.82, 2.24) is 14.8 Å². The van der Waals surface area contributed by atoms with Crippen molar-refractivity contribution >= 4 is 22.7 Å². The normalized spacial score (nSPS) is 12.0. The van der Waals surface area contributed by atoms with Gasteiger partial charge in [0.1, 0.15) is 0 Å². The van der Waals surface area contributed by atoms with Crippen LogP contribution in [0.2, 0.25) is 0 Å². The molecule has 2 aromatic carbocycles. The predicted octanol–water partition coefficient (Wildman–Crippen LogP) is 6.03. The van der Waals surface area contributed by atoms with E-state index in [9.17, 15) is 18.0 Å². The lowest BCUT2D eigenvalue weighted by Gasteiger charge is -2.05. The second-order valence-corrected chi connectivity index (χ2v) is 7.19. The zero-order valence-electron chi connectivity index (χ0n) is 15.5. The molecule has 0 aliphatic rings. The molecule has 0 aliphatic heterocycles. The van der Waals surface area contributed by atoms with Gasteiger partial charge in [-0.05, 0) is 25.1 Å². The van der Waals surface area contributed by atoms with E-state index >= 15 is 0 Å². The monoisotopic (exact) mass is 429 g/mol. The molecule has 0 unspecified atom stereocenters. The Kier molecular flexibility index (Phi) is 5.08. The topological polar surface area (TPSA) is 75.4 Å². The second kappa shape index (κ2) is 7.71. The van der Waals surface area contributed by atoms with Gasteiger partial charge in [0.15, 0.2) is 5.69 Å². The molecule has 0 fully saturated rings. The minimum atomic E-state index is -4.48. The highest BCUT2D eigenvalue weighted by atomic mass is 32.1. The van der Waals surface area contributed by atoms with Crippen LogP contribution < -0.4 is 5.56 Å². The van der Waals surface area contributed by atoms with E-state index in [4.69, 9.17) is 0 Å². The van der Waals surface area contributed by atoms with Gasteiger partial charge < -0.3 is 0 Å². The van der Waals surface area contributed by atoms with Crippen LogP contribution in [-0.4, -0.2) is 14.8 Å². The first-order valence-corrected chi connectivity index (χ1v) is 9.63. The highest BCUT2D eigenvalue weighted by molar-refractivity contribution is 7.12. The Bertz CT molecular complexity index is 1270. The third-order valence-corrected chi connectivity index (χ3v) is 5.06. The van der Waals surface area contributed by atoms with Crippen molar-refractivity contribution in [3.05, 3.63) is 81.6 Å². The molecule has 0 saturated heterocycles. The fourth-order valence-electron chi connectivity index (χ4n) is 2.75. The summed E-state index contributed by atoms with van der Waals surface area (Å²) in [6.07, 6.45) is -4.48. The standard InChI is InChI=1S/C20H14F3N5OS/c1-12-17(26-25-15-9-5-8-14(10-15)20(21,22)23)18(29)28(27-12)19-24-16(11-30-19)13-6-3-2-4-7-13/h2-11,27H,1H3. The summed E-state index contributed by atoms with van der Waals surface area (Å²) in [5.41, 5.74) is 0.742. The quantitative estimate of drug-likeness (QED) is 0.402. The highest BCUT2D eigenvalue weighted by Gasteiger charge is 2.30. The van der Waals surface area contributed by atoms with Gasteiger partial charge >= 0.3 is 11.7 Å². The van der Waals surface area contributed by atoms with Crippen LogP contribution in [0.25, 0.3) is 16.4 Å². The maximum Gasteiger partial charge on any atom is 0.416 e. The molecule has 2 heterocycles. The van der Waals surface area contributed by atoms with E-state index in [1.165, 1.54) is 28.2 Å². The molecule has 0 amide bonds. The molecule has 30 heavy (non-hydrogen) atoms. The molecule has 0 bridgehead atoms. The Labute approximate surface area is 172 Å². The number of hydrogen-bond donors (Lipinski definition) is 1. The van der Waals surface area contributed by atoms with Crippen LogP contribution >= 0.6 is 11.3 Å². The van der Waals surface area contributed by atoms with Crippen molar-refractivity contribution in [2.45, 2.75) is 13.1 Å². The first kappa shape index (κ1) is 19.8. The Morgan fingerprint density at radius 1 is 1.07 bits per heavy atom. The molecule has 0 aliphatic carbocycles. The first-order valence-electron chi connectivity index (χ1n) is 8.75. The number of rotatable bonds is 4.